The van der Waals surface area contributed by atoms with E-state index in [1.165, 1.54) is 26.4 Å². The molecule has 0 atom stereocenters. The molecule has 2 N–H and O–H groups in total. The zero-order chi connectivity index (χ0) is 18.0. The molecular weight excluding hydrogens is 322 g/mol. The summed E-state index contributed by atoms with van der Waals surface area (Å²) in [6.07, 6.45) is 7.95. The number of carbonyl (C=O) groups is 2. The third-order valence-corrected chi connectivity index (χ3v) is 5.37. The quantitative estimate of drug-likeness (QED) is 0.511. The third kappa shape index (κ3) is 6.47. The van der Waals surface area contributed by atoms with Gasteiger partial charge in [-0.25, -0.2) is 4.79 Å². The Balaban J connectivity index is 1.70. The fourth-order valence-electron chi connectivity index (χ4n) is 3.86. The number of nitrogens with one attached hydrogen (secondary N) is 2. The van der Waals surface area contributed by atoms with Crippen LogP contribution in [0.2, 0.25) is 0 Å². The molecular formula is C18H33N3O4. The molecule has 1 saturated carbocycles. The summed E-state index contributed by atoms with van der Waals surface area (Å²) in [5.74, 6) is -0.200. The van der Waals surface area contributed by atoms with Gasteiger partial charge in [0.15, 0.2) is 0 Å². The number of rotatable bonds is 8. The Morgan fingerprint density at radius 1 is 1.08 bits per heavy atom. The van der Waals surface area contributed by atoms with Crippen LogP contribution in [0.15, 0.2) is 0 Å². The van der Waals surface area contributed by atoms with Crippen LogP contribution in [-0.2, 0) is 14.3 Å². The highest BCUT2D eigenvalue weighted by Gasteiger charge is 2.38. The number of morpholine rings is 1. The van der Waals surface area contributed by atoms with Crippen LogP contribution in [0.25, 0.3) is 0 Å². The second-order valence-electron chi connectivity index (χ2n) is 7.03. The first-order valence-electron chi connectivity index (χ1n) is 9.58. The first-order valence-corrected chi connectivity index (χ1v) is 9.58. The molecule has 0 aromatic heterocycles. The molecule has 1 saturated heterocycles. The van der Waals surface area contributed by atoms with Gasteiger partial charge in [0.2, 0.25) is 0 Å². The lowest BCUT2D eigenvalue weighted by Gasteiger charge is -2.48. The summed E-state index contributed by atoms with van der Waals surface area (Å²) in [5, 5.41) is 5.97. The van der Waals surface area contributed by atoms with Crippen LogP contribution < -0.4 is 10.6 Å². The molecule has 0 unspecified atom stereocenters. The number of methoxy groups -OCH3 is 1. The van der Waals surface area contributed by atoms with E-state index in [0.717, 1.165) is 52.0 Å². The van der Waals surface area contributed by atoms with E-state index in [1.807, 2.05) is 0 Å². The summed E-state index contributed by atoms with van der Waals surface area (Å²) < 4.78 is 10.1. The number of ether oxygens (including phenoxy) is 2. The van der Waals surface area contributed by atoms with Gasteiger partial charge in [-0.05, 0) is 25.7 Å². The van der Waals surface area contributed by atoms with E-state index in [-0.39, 0.29) is 17.5 Å². The molecule has 2 rings (SSSR count). The number of esters is 1. The molecule has 1 heterocycles. The summed E-state index contributed by atoms with van der Waals surface area (Å²) in [4.78, 5) is 25.7. The molecule has 7 heteroatoms. The van der Waals surface area contributed by atoms with Crippen molar-refractivity contribution in [2.24, 2.45) is 0 Å². The van der Waals surface area contributed by atoms with Gasteiger partial charge in [-0.2, -0.15) is 0 Å². The zero-order valence-corrected chi connectivity index (χ0v) is 15.5. The summed E-state index contributed by atoms with van der Waals surface area (Å²) in [6.45, 7) is 4.75. The highest BCUT2D eigenvalue weighted by molar-refractivity contribution is 5.73. The van der Waals surface area contributed by atoms with E-state index in [9.17, 15) is 9.59 Å². The highest BCUT2D eigenvalue weighted by Crippen LogP contribution is 2.33. The molecule has 0 bridgehead atoms. The SMILES string of the molecule is COC(=O)CCCCNC(=O)NCC1(N2CCOCC2)CCCCC1. The number of carbonyl (C=O) groups excluding carboxylic acids is 2. The van der Waals surface area contributed by atoms with Crippen molar-refractivity contribution in [1.29, 1.82) is 0 Å². The smallest absolute Gasteiger partial charge is 0.314 e. The van der Waals surface area contributed by atoms with E-state index in [2.05, 4.69) is 20.3 Å². The summed E-state index contributed by atoms with van der Waals surface area (Å²) in [6, 6.07) is -0.115. The van der Waals surface area contributed by atoms with E-state index in [0.29, 0.717) is 19.5 Å². The molecule has 2 amide bonds. The maximum absolute atomic E-state index is 12.1. The first-order chi connectivity index (χ1) is 12.2. The molecule has 25 heavy (non-hydrogen) atoms. The maximum atomic E-state index is 12.1. The molecule has 0 aromatic carbocycles. The second kappa shape index (κ2) is 10.6. The zero-order valence-electron chi connectivity index (χ0n) is 15.5. The number of hydrogen-bond acceptors (Lipinski definition) is 5. The number of hydrogen-bond donors (Lipinski definition) is 2. The number of nitrogens with zero attached hydrogens (tertiary/aromatic N) is 1. The van der Waals surface area contributed by atoms with Gasteiger partial charge in [-0.3, -0.25) is 9.69 Å². The van der Waals surface area contributed by atoms with Crippen molar-refractivity contribution in [1.82, 2.24) is 15.5 Å². The minimum atomic E-state index is -0.200. The van der Waals surface area contributed by atoms with Crippen molar-refractivity contribution < 1.29 is 19.1 Å². The number of urea groups is 1. The first kappa shape index (κ1) is 20.0. The Bertz CT molecular complexity index is 419. The largest absolute Gasteiger partial charge is 0.469 e. The number of unbranched alkanes of at least 4 members (excludes halogenated alkanes) is 1. The van der Waals surface area contributed by atoms with Gasteiger partial charge < -0.3 is 20.1 Å². The second-order valence-corrected chi connectivity index (χ2v) is 7.03. The van der Waals surface area contributed by atoms with Gasteiger partial charge in [0, 0.05) is 38.1 Å². The van der Waals surface area contributed by atoms with Gasteiger partial charge in [0.05, 0.1) is 20.3 Å². The topological polar surface area (TPSA) is 79.9 Å². The molecule has 2 fully saturated rings. The minimum Gasteiger partial charge on any atom is -0.469 e. The van der Waals surface area contributed by atoms with Gasteiger partial charge in [0.25, 0.3) is 0 Å². The molecule has 0 spiro atoms. The van der Waals surface area contributed by atoms with E-state index >= 15 is 0 Å². The molecule has 0 radical (unpaired) electrons. The molecule has 1 aliphatic heterocycles. The summed E-state index contributed by atoms with van der Waals surface area (Å²) in [7, 11) is 1.39. The molecule has 2 aliphatic rings. The van der Waals surface area contributed by atoms with E-state index < -0.39 is 0 Å². The van der Waals surface area contributed by atoms with E-state index in [4.69, 9.17) is 4.74 Å². The van der Waals surface area contributed by atoms with E-state index in [1.54, 1.807) is 0 Å². The van der Waals surface area contributed by atoms with Gasteiger partial charge in [0.1, 0.15) is 0 Å². The van der Waals surface area contributed by atoms with Crippen molar-refractivity contribution in [3.8, 4) is 0 Å². The van der Waals surface area contributed by atoms with Crippen LogP contribution in [0.3, 0.4) is 0 Å². The van der Waals surface area contributed by atoms with Crippen molar-refractivity contribution in [2.45, 2.75) is 56.9 Å². The number of amides is 2. The Morgan fingerprint density at radius 3 is 2.48 bits per heavy atom. The summed E-state index contributed by atoms with van der Waals surface area (Å²) >= 11 is 0. The van der Waals surface area contributed by atoms with Crippen LogP contribution in [0.5, 0.6) is 0 Å². The van der Waals surface area contributed by atoms with Gasteiger partial charge in [-0.15, -0.1) is 0 Å². The Kier molecular flexibility index (Phi) is 8.48. The van der Waals surface area contributed by atoms with Crippen molar-refractivity contribution >= 4 is 12.0 Å². The predicted octanol–water partition coefficient (Wildman–Crippen LogP) is 1.66. The van der Waals surface area contributed by atoms with Gasteiger partial charge in [-0.1, -0.05) is 19.3 Å². The lowest BCUT2D eigenvalue weighted by Crippen LogP contribution is -2.60. The maximum Gasteiger partial charge on any atom is 0.314 e. The monoisotopic (exact) mass is 355 g/mol. The Hall–Kier alpha value is -1.34. The van der Waals surface area contributed by atoms with Crippen molar-refractivity contribution in [2.75, 3.05) is 46.5 Å². The highest BCUT2D eigenvalue weighted by atomic mass is 16.5. The lowest BCUT2D eigenvalue weighted by atomic mass is 9.80. The van der Waals surface area contributed by atoms with Crippen LogP contribution in [0.4, 0.5) is 4.79 Å². The van der Waals surface area contributed by atoms with Crippen molar-refractivity contribution in [3.05, 3.63) is 0 Å². The Labute approximate surface area is 150 Å². The standard InChI is InChI=1S/C18H33N3O4/c1-24-16(22)7-3-6-10-19-17(23)20-15-18(8-4-2-5-9-18)21-11-13-25-14-12-21/h2-15H2,1H3,(H2,19,20,23). The predicted molar refractivity (Wildman–Crippen MR) is 95.5 cm³/mol. The molecule has 1 aliphatic carbocycles. The third-order valence-electron chi connectivity index (χ3n) is 5.37. The molecule has 144 valence electrons. The van der Waals surface area contributed by atoms with Crippen LogP contribution >= 0.6 is 0 Å². The minimum absolute atomic E-state index is 0.0876. The fourth-order valence-corrected chi connectivity index (χ4v) is 3.86. The molecule has 7 nitrogen and oxygen atoms in total. The normalized spacial score (nSPS) is 20.7. The van der Waals surface area contributed by atoms with Crippen LogP contribution in [-0.4, -0.2) is 68.9 Å². The fraction of sp³-hybridized carbons (Fsp3) is 0.889. The van der Waals surface area contributed by atoms with Crippen molar-refractivity contribution in [3.63, 3.8) is 0 Å². The lowest BCUT2D eigenvalue weighted by molar-refractivity contribution is -0.140. The molecule has 0 aromatic rings. The summed E-state index contributed by atoms with van der Waals surface area (Å²) in [5.41, 5.74) is 0.0876. The average molecular weight is 355 g/mol. The average Bonchev–Trinajstić information content (AvgIpc) is 2.67. The van der Waals surface area contributed by atoms with Gasteiger partial charge >= 0.3 is 12.0 Å². The Morgan fingerprint density at radius 2 is 1.80 bits per heavy atom. The van der Waals surface area contributed by atoms with Crippen LogP contribution in [0, 0.1) is 0 Å². The van der Waals surface area contributed by atoms with Crippen LogP contribution in [0.1, 0.15) is 51.4 Å².